The zero-order chi connectivity index (χ0) is 14.7. The normalized spacial score (nSPS) is 10.6. The largest absolute Gasteiger partial charge is 0.155 e. The summed E-state index contributed by atoms with van der Waals surface area (Å²) in [6.07, 6.45) is 0.758. The van der Waals surface area contributed by atoms with Crippen molar-refractivity contribution < 1.29 is 0 Å². The van der Waals surface area contributed by atoms with Gasteiger partial charge >= 0.3 is 0 Å². The van der Waals surface area contributed by atoms with Crippen LogP contribution in [0.15, 0.2) is 60.7 Å². The van der Waals surface area contributed by atoms with E-state index in [2.05, 4.69) is 53.5 Å². The molecule has 3 heteroatoms. The van der Waals surface area contributed by atoms with Crippen LogP contribution in [-0.4, -0.2) is 10.2 Å². The van der Waals surface area contributed by atoms with Gasteiger partial charge in [-0.2, -0.15) is 0 Å². The molecule has 0 aliphatic rings. The molecule has 0 atom stereocenters. The maximum atomic E-state index is 6.19. The quantitative estimate of drug-likeness (QED) is 0.700. The van der Waals surface area contributed by atoms with E-state index in [1.165, 1.54) is 11.1 Å². The van der Waals surface area contributed by atoms with E-state index in [4.69, 9.17) is 11.6 Å². The highest BCUT2D eigenvalue weighted by Gasteiger charge is 2.08. The number of hydrogen-bond donors (Lipinski definition) is 0. The molecule has 104 valence electrons. The van der Waals surface area contributed by atoms with Gasteiger partial charge in [-0.3, -0.25) is 0 Å². The molecule has 0 unspecified atom stereocenters. The van der Waals surface area contributed by atoms with Gasteiger partial charge in [0.25, 0.3) is 0 Å². The number of nitrogens with zero attached hydrogens (tertiary/aromatic N) is 2. The Hall–Kier alpha value is -2.19. The highest BCUT2D eigenvalue weighted by atomic mass is 35.5. The minimum absolute atomic E-state index is 0.467. The fourth-order valence-corrected chi connectivity index (χ4v) is 2.38. The number of rotatable bonds is 3. The van der Waals surface area contributed by atoms with Crippen molar-refractivity contribution in [2.24, 2.45) is 0 Å². The Morgan fingerprint density at radius 2 is 1.62 bits per heavy atom. The van der Waals surface area contributed by atoms with E-state index in [1.807, 2.05) is 24.3 Å². The zero-order valence-electron chi connectivity index (χ0n) is 11.8. The monoisotopic (exact) mass is 294 g/mol. The topological polar surface area (TPSA) is 25.8 Å². The first-order chi connectivity index (χ1) is 10.2. The Bertz CT molecular complexity index is 737. The second kappa shape index (κ2) is 6.06. The lowest BCUT2D eigenvalue weighted by Gasteiger charge is -2.07. The summed E-state index contributed by atoms with van der Waals surface area (Å²) in [7, 11) is 0. The molecule has 0 N–H and O–H groups in total. The highest BCUT2D eigenvalue weighted by molar-refractivity contribution is 6.30. The van der Waals surface area contributed by atoms with Crippen molar-refractivity contribution in [3.8, 4) is 11.3 Å². The molecule has 0 fully saturated rings. The van der Waals surface area contributed by atoms with E-state index < -0.39 is 0 Å². The van der Waals surface area contributed by atoms with Crippen molar-refractivity contribution >= 4 is 11.6 Å². The van der Waals surface area contributed by atoms with Crippen LogP contribution in [0.5, 0.6) is 0 Å². The Kier molecular flexibility index (Phi) is 3.98. The first kappa shape index (κ1) is 13.8. The van der Waals surface area contributed by atoms with Crippen molar-refractivity contribution in [1.29, 1.82) is 0 Å². The smallest absolute Gasteiger partial charge is 0.149 e. The molecule has 2 aromatic carbocycles. The molecule has 3 rings (SSSR count). The van der Waals surface area contributed by atoms with Crippen molar-refractivity contribution in [3.05, 3.63) is 82.5 Å². The fourth-order valence-electron chi connectivity index (χ4n) is 2.22. The summed E-state index contributed by atoms with van der Waals surface area (Å²) in [5, 5.41) is 8.76. The Morgan fingerprint density at radius 3 is 2.33 bits per heavy atom. The van der Waals surface area contributed by atoms with Gasteiger partial charge in [0, 0.05) is 12.0 Å². The molecule has 0 saturated heterocycles. The second-order valence-corrected chi connectivity index (χ2v) is 5.43. The Labute approximate surface area is 129 Å². The molecule has 0 aliphatic carbocycles. The summed E-state index contributed by atoms with van der Waals surface area (Å²) >= 11 is 6.19. The van der Waals surface area contributed by atoms with Gasteiger partial charge in [0.15, 0.2) is 5.15 Å². The van der Waals surface area contributed by atoms with Crippen LogP contribution in [-0.2, 0) is 6.42 Å². The fraction of sp³-hybridized carbons (Fsp3) is 0.111. The molecule has 21 heavy (non-hydrogen) atoms. The van der Waals surface area contributed by atoms with E-state index >= 15 is 0 Å². The third-order valence-electron chi connectivity index (χ3n) is 3.41. The molecule has 1 heterocycles. The molecular weight excluding hydrogens is 280 g/mol. The second-order valence-electron chi connectivity index (χ2n) is 5.07. The van der Waals surface area contributed by atoms with E-state index in [0.717, 1.165) is 23.2 Å². The summed E-state index contributed by atoms with van der Waals surface area (Å²) in [6.45, 7) is 2.07. The van der Waals surface area contributed by atoms with Crippen molar-refractivity contribution in [1.82, 2.24) is 10.2 Å². The first-order valence-electron chi connectivity index (χ1n) is 6.85. The van der Waals surface area contributed by atoms with Gasteiger partial charge in [-0.1, -0.05) is 71.8 Å². The number of hydrogen-bond acceptors (Lipinski definition) is 2. The predicted octanol–water partition coefficient (Wildman–Crippen LogP) is 4.70. The maximum absolute atomic E-state index is 6.19. The lowest BCUT2D eigenvalue weighted by atomic mass is 10.0. The average Bonchev–Trinajstić information content (AvgIpc) is 2.51. The van der Waals surface area contributed by atoms with Gasteiger partial charge in [0.2, 0.25) is 0 Å². The molecule has 0 amide bonds. The molecule has 3 aromatic rings. The summed E-state index contributed by atoms with van der Waals surface area (Å²) in [4.78, 5) is 0. The summed E-state index contributed by atoms with van der Waals surface area (Å²) in [5.41, 5.74) is 5.34. The number of halogens is 1. The minimum atomic E-state index is 0.467. The molecule has 0 aliphatic heterocycles. The molecule has 0 spiro atoms. The van der Waals surface area contributed by atoms with Crippen LogP contribution in [0.4, 0.5) is 0 Å². The van der Waals surface area contributed by atoms with Gasteiger partial charge in [0.1, 0.15) is 0 Å². The third kappa shape index (κ3) is 3.29. The highest BCUT2D eigenvalue weighted by Crippen LogP contribution is 2.23. The SMILES string of the molecule is Cc1ccc(-c2cc(Cc3ccccc3)c(Cl)nn2)cc1. The molecule has 0 radical (unpaired) electrons. The van der Waals surface area contributed by atoms with Gasteiger partial charge in [-0.15, -0.1) is 10.2 Å². The summed E-state index contributed by atoms with van der Waals surface area (Å²) < 4.78 is 0. The van der Waals surface area contributed by atoms with Gasteiger partial charge in [0.05, 0.1) is 5.69 Å². The van der Waals surface area contributed by atoms with Gasteiger partial charge < -0.3 is 0 Å². The van der Waals surface area contributed by atoms with Crippen LogP contribution in [0, 0.1) is 6.92 Å². The lowest BCUT2D eigenvalue weighted by Crippen LogP contribution is -1.96. The number of aromatic nitrogens is 2. The van der Waals surface area contributed by atoms with Crippen LogP contribution in [0.1, 0.15) is 16.7 Å². The molecule has 0 bridgehead atoms. The molecule has 2 nitrogen and oxygen atoms in total. The van der Waals surface area contributed by atoms with E-state index in [1.54, 1.807) is 0 Å². The lowest BCUT2D eigenvalue weighted by molar-refractivity contribution is 1.00. The Balaban J connectivity index is 1.94. The maximum Gasteiger partial charge on any atom is 0.155 e. The van der Waals surface area contributed by atoms with Crippen LogP contribution in [0.3, 0.4) is 0 Å². The van der Waals surface area contributed by atoms with Crippen LogP contribution >= 0.6 is 11.6 Å². The van der Waals surface area contributed by atoms with Crippen LogP contribution in [0.2, 0.25) is 5.15 Å². The number of aryl methyl sites for hydroxylation is 1. The number of benzene rings is 2. The van der Waals surface area contributed by atoms with E-state index in [-0.39, 0.29) is 0 Å². The van der Waals surface area contributed by atoms with Gasteiger partial charge in [-0.05, 0) is 24.1 Å². The van der Waals surface area contributed by atoms with Crippen molar-refractivity contribution in [3.63, 3.8) is 0 Å². The zero-order valence-corrected chi connectivity index (χ0v) is 12.5. The molecule has 1 aromatic heterocycles. The van der Waals surface area contributed by atoms with Crippen LogP contribution in [0.25, 0.3) is 11.3 Å². The standard InChI is InChI=1S/C18H15ClN2/c1-13-7-9-15(10-8-13)17-12-16(18(19)21-20-17)11-14-5-3-2-4-6-14/h2-10,12H,11H2,1H3. The summed E-state index contributed by atoms with van der Waals surface area (Å²) in [5.74, 6) is 0. The van der Waals surface area contributed by atoms with Gasteiger partial charge in [-0.25, -0.2) is 0 Å². The average molecular weight is 295 g/mol. The van der Waals surface area contributed by atoms with E-state index in [0.29, 0.717) is 5.15 Å². The predicted molar refractivity (Wildman–Crippen MR) is 86.5 cm³/mol. The minimum Gasteiger partial charge on any atom is -0.149 e. The third-order valence-corrected chi connectivity index (χ3v) is 3.72. The van der Waals surface area contributed by atoms with Crippen molar-refractivity contribution in [2.75, 3.05) is 0 Å². The Morgan fingerprint density at radius 1 is 0.905 bits per heavy atom. The van der Waals surface area contributed by atoms with E-state index in [9.17, 15) is 0 Å². The molecule has 0 saturated carbocycles. The van der Waals surface area contributed by atoms with Crippen LogP contribution < -0.4 is 0 Å². The molecular formula is C18H15ClN2. The van der Waals surface area contributed by atoms with Crippen molar-refractivity contribution in [2.45, 2.75) is 13.3 Å². The summed E-state index contributed by atoms with van der Waals surface area (Å²) in [6, 6.07) is 20.5. The first-order valence-corrected chi connectivity index (χ1v) is 7.23.